The van der Waals surface area contributed by atoms with Gasteiger partial charge in [-0.3, -0.25) is 4.79 Å². The number of hydrogen-bond donors (Lipinski definition) is 2. The number of nitrogens with one attached hydrogen (secondary N) is 2. The van der Waals surface area contributed by atoms with E-state index >= 15 is 0 Å². The fourth-order valence-electron chi connectivity index (χ4n) is 1.45. The highest BCUT2D eigenvalue weighted by molar-refractivity contribution is 8.01. The van der Waals surface area contributed by atoms with Crippen LogP contribution in [0.3, 0.4) is 0 Å². The van der Waals surface area contributed by atoms with Gasteiger partial charge in [-0.15, -0.1) is 16.6 Å². The molecule has 0 aliphatic carbocycles. The minimum Gasteiger partial charge on any atom is -0.356 e. The number of halogens is 1. The lowest BCUT2D eigenvalue weighted by molar-refractivity contribution is -0.118. The average Bonchev–Trinajstić information content (AvgIpc) is 2.98. The molecule has 22 heavy (non-hydrogen) atoms. The summed E-state index contributed by atoms with van der Waals surface area (Å²) >= 11 is 2.65. The number of benzene rings is 1. The maximum Gasteiger partial charge on any atom is 0.231 e. The third kappa shape index (κ3) is 5.35. The maximum absolute atomic E-state index is 12.8. The van der Waals surface area contributed by atoms with E-state index in [-0.39, 0.29) is 24.0 Å². The number of nitrogens with zero attached hydrogens (tertiary/aromatic N) is 2. The maximum atomic E-state index is 12.8. The first-order valence-electron chi connectivity index (χ1n) is 6.32. The number of thioether (sulfide) groups is 1. The van der Waals surface area contributed by atoms with Crippen LogP contribution in [0.15, 0.2) is 28.6 Å². The van der Waals surface area contributed by atoms with Crippen LogP contribution in [0.25, 0.3) is 0 Å². The minimum atomic E-state index is -0.263. The van der Waals surface area contributed by atoms with Crippen LogP contribution >= 0.6 is 23.1 Å². The van der Waals surface area contributed by atoms with Crippen LogP contribution in [0.2, 0.25) is 0 Å². The Labute approximate surface area is 135 Å². The summed E-state index contributed by atoms with van der Waals surface area (Å²) in [7, 11) is 0. The topological polar surface area (TPSA) is 66.9 Å². The molecular weight excluding hydrogens is 323 g/mol. The first-order valence-corrected chi connectivity index (χ1v) is 8.12. The van der Waals surface area contributed by atoms with Crippen molar-refractivity contribution in [2.45, 2.75) is 10.9 Å². The van der Waals surface area contributed by atoms with E-state index in [9.17, 15) is 9.18 Å². The Morgan fingerprint density at radius 3 is 2.86 bits per heavy atom. The first-order chi connectivity index (χ1) is 10.7. The van der Waals surface area contributed by atoms with E-state index in [4.69, 9.17) is 6.42 Å². The molecule has 2 rings (SSSR count). The zero-order chi connectivity index (χ0) is 15.8. The minimum absolute atomic E-state index is 0.140. The van der Waals surface area contributed by atoms with Crippen LogP contribution in [0, 0.1) is 18.2 Å². The summed E-state index contributed by atoms with van der Waals surface area (Å²) in [6, 6.07) is 6.23. The van der Waals surface area contributed by atoms with E-state index < -0.39 is 0 Å². The number of rotatable bonds is 7. The zero-order valence-corrected chi connectivity index (χ0v) is 13.1. The quantitative estimate of drug-likeness (QED) is 0.599. The van der Waals surface area contributed by atoms with E-state index in [1.54, 1.807) is 12.1 Å². The van der Waals surface area contributed by atoms with Crippen LogP contribution in [-0.2, 0) is 11.3 Å². The molecule has 2 N–H and O–H groups in total. The number of carbonyl (C=O) groups excluding carboxylic acids is 1. The van der Waals surface area contributed by atoms with Crippen LogP contribution in [0.5, 0.6) is 0 Å². The molecule has 1 amide bonds. The second-order valence-electron chi connectivity index (χ2n) is 4.12. The molecule has 0 fully saturated rings. The Morgan fingerprint density at radius 2 is 2.14 bits per heavy atom. The van der Waals surface area contributed by atoms with Crippen molar-refractivity contribution in [3.63, 3.8) is 0 Å². The van der Waals surface area contributed by atoms with E-state index in [2.05, 4.69) is 26.8 Å². The Balaban J connectivity index is 1.77. The molecule has 0 saturated heterocycles. The molecule has 0 spiro atoms. The van der Waals surface area contributed by atoms with Gasteiger partial charge < -0.3 is 10.6 Å². The monoisotopic (exact) mass is 336 g/mol. The van der Waals surface area contributed by atoms with Crippen LogP contribution < -0.4 is 10.6 Å². The van der Waals surface area contributed by atoms with Gasteiger partial charge >= 0.3 is 0 Å². The van der Waals surface area contributed by atoms with Gasteiger partial charge in [0.2, 0.25) is 11.0 Å². The fraction of sp³-hybridized carbons (Fsp3) is 0.214. The van der Waals surface area contributed by atoms with Gasteiger partial charge in [-0.05, 0) is 17.7 Å². The summed E-state index contributed by atoms with van der Waals surface area (Å²) in [5.41, 5.74) is 0.944. The largest absolute Gasteiger partial charge is 0.356 e. The van der Waals surface area contributed by atoms with Gasteiger partial charge in [-0.1, -0.05) is 41.2 Å². The lowest BCUT2D eigenvalue weighted by Gasteiger charge is -2.01. The van der Waals surface area contributed by atoms with Crippen molar-refractivity contribution in [2.24, 2.45) is 0 Å². The lowest BCUT2D eigenvalue weighted by atomic mass is 10.2. The highest BCUT2D eigenvalue weighted by Gasteiger charge is 2.07. The molecule has 1 heterocycles. The summed E-state index contributed by atoms with van der Waals surface area (Å²) in [5, 5.41) is 14.3. The summed E-state index contributed by atoms with van der Waals surface area (Å²) in [6.07, 6.45) is 5.06. The number of carbonyl (C=O) groups is 1. The molecule has 0 atom stereocenters. The third-order valence-corrected chi connectivity index (χ3v) is 4.49. The van der Waals surface area contributed by atoms with Crippen molar-refractivity contribution in [2.75, 3.05) is 17.6 Å². The van der Waals surface area contributed by atoms with E-state index in [1.165, 1.54) is 35.2 Å². The number of amides is 1. The second kappa shape index (κ2) is 8.36. The molecule has 114 valence electrons. The van der Waals surface area contributed by atoms with Crippen molar-refractivity contribution in [1.29, 1.82) is 0 Å². The number of terminal acetylenes is 1. The molecule has 0 aliphatic heterocycles. The second-order valence-corrected chi connectivity index (χ2v) is 6.32. The zero-order valence-electron chi connectivity index (χ0n) is 11.5. The molecule has 2 aromatic rings. The first kappa shape index (κ1) is 16.3. The molecule has 0 unspecified atom stereocenters. The van der Waals surface area contributed by atoms with Crippen molar-refractivity contribution in [3.05, 3.63) is 35.6 Å². The predicted molar refractivity (Wildman–Crippen MR) is 86.2 cm³/mol. The summed E-state index contributed by atoms with van der Waals surface area (Å²) in [5.74, 6) is 2.18. The molecule has 0 saturated carbocycles. The predicted octanol–water partition coefficient (Wildman–Crippen LogP) is 2.13. The van der Waals surface area contributed by atoms with Gasteiger partial charge in [0.15, 0.2) is 4.34 Å². The Kier molecular flexibility index (Phi) is 6.18. The lowest BCUT2D eigenvalue weighted by Crippen LogP contribution is -2.25. The normalized spacial score (nSPS) is 10.0. The number of aromatic nitrogens is 2. The van der Waals surface area contributed by atoms with Gasteiger partial charge in [0.05, 0.1) is 12.3 Å². The number of hydrogen-bond acceptors (Lipinski definition) is 6. The van der Waals surface area contributed by atoms with Crippen molar-refractivity contribution in [3.8, 4) is 12.3 Å². The molecule has 1 aromatic carbocycles. The Hall–Kier alpha value is -2.11. The summed E-state index contributed by atoms with van der Waals surface area (Å²) in [4.78, 5) is 11.4. The van der Waals surface area contributed by atoms with Crippen LogP contribution in [0.1, 0.15) is 5.56 Å². The summed E-state index contributed by atoms with van der Waals surface area (Å²) < 4.78 is 13.5. The van der Waals surface area contributed by atoms with Gasteiger partial charge in [-0.2, -0.15) is 0 Å². The van der Waals surface area contributed by atoms with Gasteiger partial charge in [0.25, 0.3) is 0 Å². The molecule has 0 bridgehead atoms. The van der Waals surface area contributed by atoms with Crippen molar-refractivity contribution >= 4 is 34.1 Å². The van der Waals surface area contributed by atoms with E-state index in [0.29, 0.717) is 16.0 Å². The standard InChI is InChI=1S/C14H13FN4OS2/c1-2-7-16-12(20)9-21-14-19-18-13(22-14)17-8-10-3-5-11(15)6-4-10/h1,3-6H,7-9H2,(H,16,20)(H,17,18). The molecule has 0 aliphatic rings. The van der Waals surface area contributed by atoms with Crippen LogP contribution in [0.4, 0.5) is 9.52 Å². The highest BCUT2D eigenvalue weighted by Crippen LogP contribution is 2.25. The Morgan fingerprint density at radius 1 is 1.36 bits per heavy atom. The van der Waals surface area contributed by atoms with E-state index in [0.717, 1.165) is 5.56 Å². The third-order valence-electron chi connectivity index (χ3n) is 2.48. The summed E-state index contributed by atoms with van der Waals surface area (Å²) in [6.45, 7) is 0.752. The molecular formula is C14H13FN4OS2. The fourth-order valence-corrected chi connectivity index (χ4v) is 3.02. The van der Waals surface area contributed by atoms with Crippen molar-refractivity contribution in [1.82, 2.24) is 15.5 Å². The van der Waals surface area contributed by atoms with Gasteiger partial charge in [0.1, 0.15) is 5.82 Å². The van der Waals surface area contributed by atoms with E-state index in [1.807, 2.05) is 0 Å². The molecule has 5 nitrogen and oxygen atoms in total. The Bertz CT molecular complexity index is 666. The van der Waals surface area contributed by atoms with Crippen molar-refractivity contribution < 1.29 is 9.18 Å². The average molecular weight is 336 g/mol. The van der Waals surface area contributed by atoms with Crippen LogP contribution in [-0.4, -0.2) is 28.4 Å². The molecule has 8 heteroatoms. The SMILES string of the molecule is C#CCNC(=O)CSc1nnc(NCc2ccc(F)cc2)s1. The van der Waals surface area contributed by atoms with Gasteiger partial charge in [0, 0.05) is 6.54 Å². The molecule has 1 aromatic heterocycles. The highest BCUT2D eigenvalue weighted by atomic mass is 32.2. The smallest absolute Gasteiger partial charge is 0.231 e. The van der Waals surface area contributed by atoms with Gasteiger partial charge in [-0.25, -0.2) is 4.39 Å². The molecule has 0 radical (unpaired) electrons. The number of anilines is 1.